The average Bonchev–Trinajstić information content (AvgIpc) is 2.97. The van der Waals surface area contributed by atoms with Gasteiger partial charge in [-0.05, 0) is 62.9 Å². The Morgan fingerprint density at radius 3 is 2.50 bits per heavy atom. The Kier molecular flexibility index (Phi) is 7.08. The molecule has 6 heteroatoms. The van der Waals surface area contributed by atoms with Crippen LogP contribution in [0.4, 0.5) is 5.00 Å². The van der Waals surface area contributed by atoms with Crippen LogP contribution in [0.15, 0.2) is 24.3 Å². The van der Waals surface area contributed by atoms with Crippen molar-refractivity contribution in [1.29, 1.82) is 0 Å². The van der Waals surface area contributed by atoms with Gasteiger partial charge in [0, 0.05) is 4.88 Å². The van der Waals surface area contributed by atoms with E-state index >= 15 is 0 Å². The molecule has 0 amide bonds. The zero-order valence-electron chi connectivity index (χ0n) is 16.8. The first kappa shape index (κ1) is 20.8. The summed E-state index contributed by atoms with van der Waals surface area (Å²) >= 11 is 7.19. The summed E-state index contributed by atoms with van der Waals surface area (Å²) in [5, 5.41) is 7.92. The van der Waals surface area contributed by atoms with Crippen LogP contribution >= 0.6 is 23.6 Å². The second kappa shape index (κ2) is 9.52. The van der Waals surface area contributed by atoms with E-state index in [9.17, 15) is 4.79 Å². The lowest BCUT2D eigenvalue weighted by Crippen LogP contribution is -2.31. The highest BCUT2D eigenvalue weighted by molar-refractivity contribution is 7.80. The summed E-state index contributed by atoms with van der Waals surface area (Å²) in [5.41, 5.74) is 4.21. The Morgan fingerprint density at radius 1 is 1.14 bits per heavy atom. The fourth-order valence-corrected chi connectivity index (χ4v) is 5.23. The quantitative estimate of drug-likeness (QED) is 0.505. The minimum absolute atomic E-state index is 0.0724. The van der Waals surface area contributed by atoms with Crippen LogP contribution in [-0.2, 0) is 17.6 Å². The molecule has 4 nitrogen and oxygen atoms in total. The molecule has 3 rings (SSSR count). The first-order valence-corrected chi connectivity index (χ1v) is 11.1. The summed E-state index contributed by atoms with van der Waals surface area (Å²) in [6.45, 7) is 4.15. The summed E-state index contributed by atoms with van der Waals surface area (Å²) in [5.74, 6) is -0.282. The maximum Gasteiger partial charge on any atom is 0.341 e. The lowest BCUT2D eigenvalue weighted by Gasteiger charge is -2.17. The van der Waals surface area contributed by atoms with E-state index in [1.807, 2.05) is 0 Å². The topological polar surface area (TPSA) is 50.4 Å². The van der Waals surface area contributed by atoms with Gasteiger partial charge >= 0.3 is 5.97 Å². The zero-order valence-corrected chi connectivity index (χ0v) is 18.4. The van der Waals surface area contributed by atoms with Crippen molar-refractivity contribution in [2.24, 2.45) is 0 Å². The summed E-state index contributed by atoms with van der Waals surface area (Å²) in [6.07, 6.45) is 6.69. The van der Waals surface area contributed by atoms with Crippen LogP contribution in [-0.4, -0.2) is 18.2 Å². The van der Waals surface area contributed by atoms with E-state index in [1.54, 1.807) is 11.3 Å². The van der Waals surface area contributed by atoms with Gasteiger partial charge in [-0.1, -0.05) is 42.7 Å². The smallest absolute Gasteiger partial charge is 0.341 e. The lowest BCUT2D eigenvalue weighted by atomic mass is 9.96. The summed E-state index contributed by atoms with van der Waals surface area (Å²) < 4.78 is 5.08. The molecule has 2 aromatic rings. The maximum atomic E-state index is 12.5. The van der Waals surface area contributed by atoms with Crippen LogP contribution in [0, 0.1) is 6.92 Å². The number of thiophene rings is 1. The number of carbonyl (C=O) groups is 1. The molecule has 0 saturated heterocycles. The number of esters is 1. The van der Waals surface area contributed by atoms with Crippen molar-refractivity contribution in [2.75, 3.05) is 12.4 Å². The van der Waals surface area contributed by atoms with E-state index in [4.69, 9.17) is 17.0 Å². The Labute approximate surface area is 176 Å². The van der Waals surface area contributed by atoms with Gasteiger partial charge in [0.05, 0.1) is 18.7 Å². The first-order valence-electron chi connectivity index (χ1n) is 9.86. The fourth-order valence-electron chi connectivity index (χ4n) is 3.60. The number of nitrogens with one attached hydrogen (secondary N) is 2. The number of thiocarbonyl (C=S) groups is 1. The molecular weight excluding hydrogens is 388 g/mol. The Hall–Kier alpha value is -1.92. The predicted octanol–water partition coefficient (Wildman–Crippen LogP) is 5.55. The SMILES string of the molecule is COC(=O)c1c(NC(=S)NC(C)c2ccc(C)cc2)sc2c1CCCCCC2. The number of ether oxygens (including phenoxy) is 1. The second-order valence-corrected chi connectivity index (χ2v) is 8.86. The molecular formula is C22H28N2O2S2. The molecule has 150 valence electrons. The molecule has 1 heterocycles. The average molecular weight is 417 g/mol. The molecule has 1 atom stereocenters. The molecule has 0 radical (unpaired) electrons. The van der Waals surface area contributed by atoms with Gasteiger partial charge in [-0.25, -0.2) is 4.79 Å². The summed E-state index contributed by atoms with van der Waals surface area (Å²) in [4.78, 5) is 13.8. The van der Waals surface area contributed by atoms with Gasteiger partial charge in [-0.3, -0.25) is 0 Å². The van der Waals surface area contributed by atoms with Crippen LogP contribution in [0.3, 0.4) is 0 Å². The van der Waals surface area contributed by atoms with Gasteiger partial charge in [-0.2, -0.15) is 0 Å². The minimum Gasteiger partial charge on any atom is -0.465 e. The molecule has 1 unspecified atom stereocenters. The number of aryl methyl sites for hydroxylation is 2. The maximum absolute atomic E-state index is 12.5. The normalized spacial score (nSPS) is 15.0. The van der Waals surface area contributed by atoms with Crippen molar-refractivity contribution in [2.45, 2.75) is 58.4 Å². The number of anilines is 1. The zero-order chi connectivity index (χ0) is 20.1. The number of methoxy groups -OCH3 is 1. The minimum atomic E-state index is -0.282. The van der Waals surface area contributed by atoms with Crippen LogP contribution in [0.2, 0.25) is 0 Å². The van der Waals surface area contributed by atoms with Gasteiger partial charge in [0.25, 0.3) is 0 Å². The van der Waals surface area contributed by atoms with E-state index in [2.05, 4.69) is 48.7 Å². The van der Waals surface area contributed by atoms with E-state index in [-0.39, 0.29) is 12.0 Å². The van der Waals surface area contributed by atoms with Crippen LogP contribution in [0.5, 0.6) is 0 Å². The molecule has 0 aliphatic heterocycles. The molecule has 1 aromatic heterocycles. The molecule has 0 spiro atoms. The molecule has 0 fully saturated rings. The van der Waals surface area contributed by atoms with E-state index in [0.717, 1.165) is 29.8 Å². The van der Waals surface area contributed by atoms with Crippen molar-refractivity contribution < 1.29 is 9.53 Å². The number of hydrogen-bond acceptors (Lipinski definition) is 4. The van der Waals surface area contributed by atoms with Gasteiger partial charge in [-0.15, -0.1) is 11.3 Å². The van der Waals surface area contributed by atoms with Crippen LogP contribution in [0.1, 0.15) is 70.6 Å². The van der Waals surface area contributed by atoms with Crippen molar-refractivity contribution in [3.63, 3.8) is 0 Å². The molecule has 1 aromatic carbocycles. The van der Waals surface area contributed by atoms with Gasteiger partial charge < -0.3 is 15.4 Å². The number of hydrogen-bond donors (Lipinski definition) is 2. The highest BCUT2D eigenvalue weighted by Gasteiger charge is 2.25. The Morgan fingerprint density at radius 2 is 1.82 bits per heavy atom. The third kappa shape index (κ3) is 4.92. The molecule has 0 saturated carbocycles. The standard InChI is InChI=1S/C22H28N2O2S2/c1-14-10-12-16(13-11-14)15(2)23-22(27)24-20-19(21(25)26-3)17-8-6-4-5-7-9-18(17)28-20/h10-13,15H,4-9H2,1-3H3,(H2,23,24,27). The molecule has 1 aliphatic rings. The van der Waals surface area contributed by atoms with Crippen molar-refractivity contribution in [3.05, 3.63) is 51.4 Å². The highest BCUT2D eigenvalue weighted by Crippen LogP contribution is 2.37. The Balaban J connectivity index is 1.78. The molecule has 2 N–H and O–H groups in total. The third-order valence-electron chi connectivity index (χ3n) is 5.21. The van der Waals surface area contributed by atoms with E-state index in [0.29, 0.717) is 10.7 Å². The Bertz CT molecular complexity index is 843. The highest BCUT2D eigenvalue weighted by atomic mass is 32.1. The van der Waals surface area contributed by atoms with Crippen molar-refractivity contribution in [3.8, 4) is 0 Å². The number of carbonyl (C=O) groups excluding carboxylic acids is 1. The predicted molar refractivity (Wildman–Crippen MR) is 120 cm³/mol. The van der Waals surface area contributed by atoms with Crippen LogP contribution in [0.25, 0.3) is 0 Å². The van der Waals surface area contributed by atoms with Crippen LogP contribution < -0.4 is 10.6 Å². The number of rotatable bonds is 4. The molecule has 0 bridgehead atoms. The van der Waals surface area contributed by atoms with E-state index in [1.165, 1.54) is 42.4 Å². The third-order valence-corrected chi connectivity index (χ3v) is 6.64. The van der Waals surface area contributed by atoms with Gasteiger partial charge in [0.15, 0.2) is 5.11 Å². The monoisotopic (exact) mass is 416 g/mol. The van der Waals surface area contributed by atoms with Crippen molar-refractivity contribution >= 4 is 39.6 Å². The number of benzene rings is 1. The molecule has 1 aliphatic carbocycles. The van der Waals surface area contributed by atoms with E-state index < -0.39 is 0 Å². The number of fused-ring (bicyclic) bond motifs is 1. The van der Waals surface area contributed by atoms with Crippen molar-refractivity contribution in [1.82, 2.24) is 5.32 Å². The second-order valence-electron chi connectivity index (χ2n) is 7.34. The fraction of sp³-hybridized carbons (Fsp3) is 0.455. The summed E-state index contributed by atoms with van der Waals surface area (Å²) in [6, 6.07) is 8.47. The summed E-state index contributed by atoms with van der Waals surface area (Å²) in [7, 11) is 1.44. The van der Waals surface area contributed by atoms with Gasteiger partial charge in [0.2, 0.25) is 0 Å². The largest absolute Gasteiger partial charge is 0.465 e. The molecule has 28 heavy (non-hydrogen) atoms. The lowest BCUT2D eigenvalue weighted by molar-refractivity contribution is 0.0601. The first-order chi connectivity index (χ1) is 13.5. The van der Waals surface area contributed by atoms with Gasteiger partial charge in [0.1, 0.15) is 5.00 Å².